The Morgan fingerprint density at radius 2 is 1.94 bits per heavy atom. The van der Waals surface area contributed by atoms with Gasteiger partial charge in [0, 0.05) is 29.7 Å². The Kier molecular flexibility index (Phi) is 6.59. The molecular formula is C23H22Cl2N4O2. The highest BCUT2D eigenvalue weighted by molar-refractivity contribution is 6.35. The minimum atomic E-state index is -0.178. The van der Waals surface area contributed by atoms with Crippen LogP contribution in [0.2, 0.25) is 10.0 Å². The minimum absolute atomic E-state index is 0.0710. The molecule has 4 rings (SSSR count). The average Bonchev–Trinajstić information content (AvgIpc) is 2.81. The largest absolute Gasteiger partial charge is 0.497 e. The third-order valence-electron chi connectivity index (χ3n) is 5.34. The summed E-state index contributed by atoms with van der Waals surface area (Å²) in [6, 6.07) is 14.7. The Hall–Kier alpha value is -2.83. The second-order valence-corrected chi connectivity index (χ2v) is 8.23. The number of hydrogen-bond donors (Lipinski definition) is 1. The van der Waals surface area contributed by atoms with Crippen LogP contribution in [0.5, 0.6) is 5.75 Å². The summed E-state index contributed by atoms with van der Waals surface area (Å²) in [6.07, 6.45) is 3.25. The van der Waals surface area contributed by atoms with Gasteiger partial charge in [-0.15, -0.1) is 0 Å². The molecule has 0 radical (unpaired) electrons. The zero-order chi connectivity index (χ0) is 21.8. The lowest BCUT2D eigenvalue weighted by Crippen LogP contribution is -2.41. The van der Waals surface area contributed by atoms with E-state index >= 15 is 0 Å². The monoisotopic (exact) mass is 456 g/mol. The number of methoxy groups -OCH3 is 1. The quantitative estimate of drug-likeness (QED) is 0.562. The third kappa shape index (κ3) is 5.09. The molecule has 160 valence electrons. The highest BCUT2D eigenvalue weighted by Gasteiger charge is 2.27. The van der Waals surface area contributed by atoms with Gasteiger partial charge in [-0.05, 0) is 55.3 Å². The lowest BCUT2D eigenvalue weighted by molar-refractivity contribution is -0.120. The van der Waals surface area contributed by atoms with E-state index < -0.39 is 0 Å². The van der Waals surface area contributed by atoms with Crippen LogP contribution in [-0.4, -0.2) is 36.1 Å². The summed E-state index contributed by atoms with van der Waals surface area (Å²) >= 11 is 12.2. The number of benzene rings is 2. The average molecular weight is 457 g/mol. The SMILES string of the molecule is COc1ccc(-c2cc(N3CCCC(C(=O)Nc4cc(Cl)ccc4Cl)C3)ncn2)cc1. The predicted octanol–water partition coefficient (Wildman–Crippen LogP) is 5.31. The van der Waals surface area contributed by atoms with Gasteiger partial charge in [0.25, 0.3) is 0 Å². The standard InChI is InChI=1S/C23H22Cl2N4O2/c1-31-18-7-4-15(5-8-18)20-12-22(27-14-26-20)29-10-2-3-16(13-29)23(30)28-21-11-17(24)6-9-19(21)25/h4-9,11-12,14,16H,2-3,10,13H2,1H3,(H,28,30). The number of rotatable bonds is 5. The van der Waals surface area contributed by atoms with Gasteiger partial charge in [-0.2, -0.15) is 0 Å². The fourth-order valence-electron chi connectivity index (χ4n) is 3.67. The molecule has 1 aromatic heterocycles. The van der Waals surface area contributed by atoms with Gasteiger partial charge in [0.15, 0.2) is 0 Å². The fourth-order valence-corrected chi connectivity index (χ4v) is 4.00. The van der Waals surface area contributed by atoms with E-state index in [4.69, 9.17) is 27.9 Å². The molecule has 2 aromatic carbocycles. The Balaban J connectivity index is 1.48. The van der Waals surface area contributed by atoms with Gasteiger partial charge in [-0.3, -0.25) is 4.79 Å². The van der Waals surface area contributed by atoms with Crippen molar-refractivity contribution >= 4 is 40.6 Å². The number of piperidine rings is 1. The molecule has 1 N–H and O–H groups in total. The maximum Gasteiger partial charge on any atom is 0.229 e. The van der Waals surface area contributed by atoms with Crippen molar-refractivity contribution < 1.29 is 9.53 Å². The van der Waals surface area contributed by atoms with E-state index in [0.29, 0.717) is 22.3 Å². The summed E-state index contributed by atoms with van der Waals surface area (Å²) in [6.45, 7) is 1.41. The highest BCUT2D eigenvalue weighted by Crippen LogP contribution is 2.29. The van der Waals surface area contributed by atoms with Crippen molar-refractivity contribution in [2.24, 2.45) is 5.92 Å². The molecule has 0 bridgehead atoms. The maximum atomic E-state index is 12.9. The van der Waals surface area contributed by atoms with E-state index in [1.807, 2.05) is 30.3 Å². The topological polar surface area (TPSA) is 67.3 Å². The number of hydrogen-bond acceptors (Lipinski definition) is 5. The van der Waals surface area contributed by atoms with E-state index in [1.54, 1.807) is 31.6 Å². The first kappa shape index (κ1) is 21.4. The van der Waals surface area contributed by atoms with Crippen molar-refractivity contribution in [1.82, 2.24) is 9.97 Å². The van der Waals surface area contributed by atoms with Crippen molar-refractivity contribution in [3.05, 3.63) is 64.9 Å². The zero-order valence-corrected chi connectivity index (χ0v) is 18.5. The van der Waals surface area contributed by atoms with Crippen molar-refractivity contribution in [2.75, 3.05) is 30.4 Å². The molecule has 3 aromatic rings. The molecule has 1 unspecified atom stereocenters. The molecule has 6 nitrogen and oxygen atoms in total. The number of nitrogens with zero attached hydrogens (tertiary/aromatic N) is 3. The molecule has 1 aliphatic rings. The van der Waals surface area contributed by atoms with Crippen LogP contribution >= 0.6 is 23.2 Å². The predicted molar refractivity (Wildman–Crippen MR) is 124 cm³/mol. The van der Waals surface area contributed by atoms with Crippen LogP contribution in [-0.2, 0) is 4.79 Å². The maximum absolute atomic E-state index is 12.9. The Morgan fingerprint density at radius 1 is 1.13 bits per heavy atom. The van der Waals surface area contributed by atoms with E-state index in [1.165, 1.54) is 0 Å². The first-order chi connectivity index (χ1) is 15.0. The van der Waals surface area contributed by atoms with Crippen LogP contribution in [0.15, 0.2) is 54.9 Å². The molecule has 1 atom stereocenters. The molecular weight excluding hydrogens is 435 g/mol. The summed E-state index contributed by atoms with van der Waals surface area (Å²) in [5, 5.41) is 3.90. The summed E-state index contributed by atoms with van der Waals surface area (Å²) < 4.78 is 5.22. The van der Waals surface area contributed by atoms with E-state index in [-0.39, 0.29) is 11.8 Å². The van der Waals surface area contributed by atoms with Crippen molar-refractivity contribution in [3.8, 4) is 17.0 Å². The lowest BCUT2D eigenvalue weighted by Gasteiger charge is -2.33. The second kappa shape index (κ2) is 9.54. The molecule has 31 heavy (non-hydrogen) atoms. The smallest absolute Gasteiger partial charge is 0.229 e. The van der Waals surface area contributed by atoms with Crippen LogP contribution in [0.3, 0.4) is 0 Å². The van der Waals surface area contributed by atoms with Crippen molar-refractivity contribution in [1.29, 1.82) is 0 Å². The number of carbonyl (C=O) groups is 1. The van der Waals surface area contributed by atoms with E-state index in [2.05, 4.69) is 20.2 Å². The van der Waals surface area contributed by atoms with Gasteiger partial charge in [0.2, 0.25) is 5.91 Å². The van der Waals surface area contributed by atoms with Crippen LogP contribution in [0, 0.1) is 5.92 Å². The Bertz CT molecular complexity index is 1080. The number of anilines is 2. The normalized spacial score (nSPS) is 16.1. The first-order valence-corrected chi connectivity index (χ1v) is 10.8. The summed E-state index contributed by atoms with van der Waals surface area (Å²) in [4.78, 5) is 23.8. The van der Waals surface area contributed by atoms with Crippen LogP contribution < -0.4 is 15.0 Å². The van der Waals surface area contributed by atoms with Gasteiger partial charge >= 0.3 is 0 Å². The number of amides is 1. The summed E-state index contributed by atoms with van der Waals surface area (Å²) in [5.41, 5.74) is 2.33. The number of carbonyl (C=O) groups excluding carboxylic acids is 1. The number of ether oxygens (including phenoxy) is 1. The number of halogens is 2. The summed E-state index contributed by atoms with van der Waals surface area (Å²) in [7, 11) is 1.64. The molecule has 2 heterocycles. The fraction of sp³-hybridized carbons (Fsp3) is 0.261. The number of nitrogens with one attached hydrogen (secondary N) is 1. The molecule has 0 aliphatic carbocycles. The van der Waals surface area contributed by atoms with Crippen molar-refractivity contribution in [3.63, 3.8) is 0 Å². The van der Waals surface area contributed by atoms with E-state index in [9.17, 15) is 4.79 Å². The Morgan fingerprint density at radius 3 is 2.71 bits per heavy atom. The Labute approximate surface area is 191 Å². The molecule has 0 spiro atoms. The zero-order valence-electron chi connectivity index (χ0n) is 17.0. The molecule has 8 heteroatoms. The van der Waals surface area contributed by atoms with Gasteiger partial charge in [0.05, 0.1) is 29.4 Å². The second-order valence-electron chi connectivity index (χ2n) is 7.39. The number of aromatic nitrogens is 2. The molecule has 1 aliphatic heterocycles. The lowest BCUT2D eigenvalue weighted by atomic mass is 9.97. The molecule has 1 saturated heterocycles. The van der Waals surface area contributed by atoms with E-state index in [0.717, 1.165) is 42.2 Å². The molecule has 1 fully saturated rings. The van der Waals surface area contributed by atoms with Gasteiger partial charge in [-0.1, -0.05) is 23.2 Å². The van der Waals surface area contributed by atoms with Gasteiger partial charge < -0.3 is 15.0 Å². The minimum Gasteiger partial charge on any atom is -0.497 e. The molecule has 0 saturated carbocycles. The van der Waals surface area contributed by atoms with Crippen LogP contribution in [0.1, 0.15) is 12.8 Å². The first-order valence-electron chi connectivity index (χ1n) is 10.0. The van der Waals surface area contributed by atoms with Gasteiger partial charge in [-0.25, -0.2) is 9.97 Å². The van der Waals surface area contributed by atoms with Crippen molar-refractivity contribution in [2.45, 2.75) is 12.8 Å². The van der Waals surface area contributed by atoms with Crippen LogP contribution in [0.4, 0.5) is 11.5 Å². The molecule has 1 amide bonds. The highest BCUT2D eigenvalue weighted by atomic mass is 35.5. The van der Waals surface area contributed by atoms with Crippen LogP contribution in [0.25, 0.3) is 11.3 Å². The third-order valence-corrected chi connectivity index (χ3v) is 5.91. The summed E-state index contributed by atoms with van der Waals surface area (Å²) in [5.74, 6) is 1.35. The van der Waals surface area contributed by atoms with Gasteiger partial charge in [0.1, 0.15) is 17.9 Å².